The molecule has 2 N–H and O–H groups in total. The Bertz CT molecular complexity index is 770. The number of hydrogen-bond acceptors (Lipinski definition) is 2. The fourth-order valence-corrected chi connectivity index (χ4v) is 3.85. The van der Waals surface area contributed by atoms with E-state index >= 15 is 0 Å². The zero-order valence-electron chi connectivity index (χ0n) is 14.5. The fourth-order valence-electron chi connectivity index (χ4n) is 3.85. The molecule has 1 aliphatic heterocycles. The van der Waals surface area contributed by atoms with Crippen LogP contribution in [0.3, 0.4) is 0 Å². The molecule has 3 nitrogen and oxygen atoms in total. The van der Waals surface area contributed by atoms with Gasteiger partial charge in [0.25, 0.3) is 0 Å². The molecular formula is C21H25ClN2O. The van der Waals surface area contributed by atoms with Crippen LogP contribution in [0.1, 0.15) is 41.1 Å². The largest absolute Gasteiger partial charge is 0.353 e. The van der Waals surface area contributed by atoms with Gasteiger partial charge in [-0.2, -0.15) is 0 Å². The van der Waals surface area contributed by atoms with Gasteiger partial charge in [0.05, 0.1) is 5.41 Å². The van der Waals surface area contributed by atoms with Crippen LogP contribution in [0.25, 0.3) is 0 Å². The lowest BCUT2D eigenvalue weighted by atomic mass is 9.92. The summed E-state index contributed by atoms with van der Waals surface area (Å²) in [6, 6.07) is 17.1. The molecule has 132 valence electrons. The SMILES string of the molecule is Cc1cccc(C2(C(=O)NCC3NCCc4ccccc43)CC2)c1.Cl. The smallest absolute Gasteiger partial charge is 0.230 e. The molecule has 1 atom stereocenters. The lowest BCUT2D eigenvalue weighted by Gasteiger charge is -2.28. The number of benzene rings is 2. The van der Waals surface area contributed by atoms with E-state index in [1.165, 1.54) is 16.7 Å². The minimum atomic E-state index is -0.291. The minimum Gasteiger partial charge on any atom is -0.353 e. The van der Waals surface area contributed by atoms with Gasteiger partial charge in [-0.1, -0.05) is 54.1 Å². The molecule has 25 heavy (non-hydrogen) atoms. The number of fused-ring (bicyclic) bond motifs is 1. The molecule has 2 aromatic rings. The van der Waals surface area contributed by atoms with Crippen molar-refractivity contribution in [2.45, 2.75) is 37.6 Å². The van der Waals surface area contributed by atoms with Crippen LogP contribution < -0.4 is 10.6 Å². The lowest BCUT2D eigenvalue weighted by molar-refractivity contribution is -0.123. The molecule has 1 heterocycles. The molecule has 2 aliphatic rings. The van der Waals surface area contributed by atoms with Crippen LogP contribution in [0.15, 0.2) is 48.5 Å². The highest BCUT2D eigenvalue weighted by Gasteiger charge is 2.51. The highest BCUT2D eigenvalue weighted by atomic mass is 35.5. The molecule has 4 rings (SSSR count). The maximum absolute atomic E-state index is 12.9. The van der Waals surface area contributed by atoms with Crippen molar-refractivity contribution in [3.05, 3.63) is 70.8 Å². The second-order valence-corrected chi connectivity index (χ2v) is 7.12. The summed E-state index contributed by atoms with van der Waals surface area (Å²) in [5.74, 6) is 0.179. The Labute approximate surface area is 155 Å². The maximum Gasteiger partial charge on any atom is 0.230 e. The summed E-state index contributed by atoms with van der Waals surface area (Å²) in [4.78, 5) is 12.9. The van der Waals surface area contributed by atoms with Gasteiger partial charge in [0, 0.05) is 12.6 Å². The number of amides is 1. The summed E-state index contributed by atoms with van der Waals surface area (Å²) < 4.78 is 0. The van der Waals surface area contributed by atoms with Crippen LogP contribution in [0.4, 0.5) is 0 Å². The molecule has 0 radical (unpaired) electrons. The topological polar surface area (TPSA) is 41.1 Å². The van der Waals surface area contributed by atoms with Crippen LogP contribution in [0.2, 0.25) is 0 Å². The average molecular weight is 357 g/mol. The third-order valence-corrected chi connectivity index (χ3v) is 5.44. The van der Waals surface area contributed by atoms with Gasteiger partial charge in [-0.25, -0.2) is 0 Å². The summed E-state index contributed by atoms with van der Waals surface area (Å²) in [5, 5.41) is 6.75. The predicted molar refractivity (Wildman–Crippen MR) is 103 cm³/mol. The first-order valence-corrected chi connectivity index (χ1v) is 8.86. The van der Waals surface area contributed by atoms with Crippen LogP contribution in [0, 0.1) is 6.92 Å². The predicted octanol–water partition coefficient (Wildman–Crippen LogP) is 3.45. The van der Waals surface area contributed by atoms with Gasteiger partial charge in [0.15, 0.2) is 0 Å². The summed E-state index contributed by atoms with van der Waals surface area (Å²) >= 11 is 0. The third-order valence-electron chi connectivity index (χ3n) is 5.44. The van der Waals surface area contributed by atoms with Crippen molar-refractivity contribution in [3.8, 4) is 0 Å². The molecule has 2 aromatic carbocycles. The molecule has 1 unspecified atom stereocenters. The summed E-state index contributed by atoms with van der Waals surface area (Å²) in [6.45, 7) is 3.71. The van der Waals surface area contributed by atoms with E-state index in [0.717, 1.165) is 31.4 Å². The van der Waals surface area contributed by atoms with Crippen molar-refractivity contribution >= 4 is 18.3 Å². The Kier molecular flexibility index (Phi) is 5.16. The van der Waals surface area contributed by atoms with Gasteiger partial charge in [0.1, 0.15) is 0 Å². The molecule has 4 heteroatoms. The van der Waals surface area contributed by atoms with Gasteiger partial charge in [-0.3, -0.25) is 4.79 Å². The van der Waals surface area contributed by atoms with Crippen molar-refractivity contribution < 1.29 is 4.79 Å². The van der Waals surface area contributed by atoms with Crippen molar-refractivity contribution in [2.75, 3.05) is 13.1 Å². The number of rotatable bonds is 4. The number of halogens is 1. The zero-order chi connectivity index (χ0) is 16.6. The first-order chi connectivity index (χ1) is 11.7. The fraction of sp³-hybridized carbons (Fsp3) is 0.381. The molecule has 0 saturated heterocycles. The number of nitrogens with one attached hydrogen (secondary N) is 2. The molecule has 0 aromatic heterocycles. The van der Waals surface area contributed by atoms with Crippen molar-refractivity contribution in [3.63, 3.8) is 0 Å². The lowest BCUT2D eigenvalue weighted by Crippen LogP contribution is -2.42. The standard InChI is InChI=1S/C21H24N2O.ClH/c1-15-5-4-7-17(13-15)21(10-11-21)20(24)23-14-19-18-8-3-2-6-16(18)9-12-22-19;/h2-8,13,19,22H,9-12,14H2,1H3,(H,23,24);1H. The Morgan fingerprint density at radius 3 is 2.76 bits per heavy atom. The Hall–Kier alpha value is -1.84. The number of hydrogen-bond donors (Lipinski definition) is 2. The summed E-state index contributed by atoms with van der Waals surface area (Å²) in [7, 11) is 0. The van der Waals surface area contributed by atoms with Crippen molar-refractivity contribution in [1.82, 2.24) is 10.6 Å². The van der Waals surface area contributed by atoms with Crippen molar-refractivity contribution in [2.24, 2.45) is 0 Å². The Balaban J connectivity index is 0.00000182. The highest BCUT2D eigenvalue weighted by molar-refractivity contribution is 5.91. The number of carbonyl (C=O) groups is 1. The van der Waals surface area contributed by atoms with E-state index in [1.54, 1.807) is 0 Å². The van der Waals surface area contributed by atoms with E-state index in [0.29, 0.717) is 6.54 Å². The van der Waals surface area contributed by atoms with Gasteiger partial charge >= 0.3 is 0 Å². The first kappa shape index (κ1) is 18.0. The van der Waals surface area contributed by atoms with E-state index in [4.69, 9.17) is 0 Å². The molecule has 0 bridgehead atoms. The van der Waals surface area contributed by atoms with Gasteiger partial charge in [-0.15, -0.1) is 12.4 Å². The van der Waals surface area contributed by atoms with E-state index < -0.39 is 0 Å². The van der Waals surface area contributed by atoms with Gasteiger partial charge < -0.3 is 10.6 Å². The second kappa shape index (κ2) is 7.19. The van der Waals surface area contributed by atoms with E-state index in [9.17, 15) is 4.79 Å². The second-order valence-electron chi connectivity index (χ2n) is 7.12. The quantitative estimate of drug-likeness (QED) is 0.881. The Morgan fingerprint density at radius 2 is 2.00 bits per heavy atom. The van der Waals surface area contributed by atoms with Crippen LogP contribution in [-0.2, 0) is 16.6 Å². The minimum absolute atomic E-state index is 0. The maximum atomic E-state index is 12.9. The van der Waals surface area contributed by atoms with E-state index in [1.807, 2.05) is 0 Å². The highest BCUT2D eigenvalue weighted by Crippen LogP contribution is 2.48. The summed E-state index contributed by atoms with van der Waals surface area (Å²) in [6.07, 6.45) is 2.97. The average Bonchev–Trinajstić information content (AvgIpc) is 3.41. The van der Waals surface area contributed by atoms with E-state index in [-0.39, 0.29) is 29.8 Å². The molecule has 1 amide bonds. The Morgan fingerprint density at radius 1 is 1.20 bits per heavy atom. The van der Waals surface area contributed by atoms with Crippen LogP contribution in [0.5, 0.6) is 0 Å². The van der Waals surface area contributed by atoms with Crippen LogP contribution in [-0.4, -0.2) is 19.0 Å². The van der Waals surface area contributed by atoms with Gasteiger partial charge in [0.2, 0.25) is 5.91 Å². The third kappa shape index (κ3) is 3.44. The molecule has 1 fully saturated rings. The summed E-state index contributed by atoms with van der Waals surface area (Å²) in [5.41, 5.74) is 4.81. The molecule has 0 spiro atoms. The van der Waals surface area contributed by atoms with Gasteiger partial charge in [-0.05, 0) is 49.4 Å². The molecule has 1 aliphatic carbocycles. The van der Waals surface area contributed by atoms with Crippen LogP contribution >= 0.6 is 12.4 Å². The first-order valence-electron chi connectivity index (χ1n) is 8.86. The normalized spacial score (nSPS) is 20.1. The molecular weight excluding hydrogens is 332 g/mol. The molecule has 1 saturated carbocycles. The number of carbonyl (C=O) groups excluding carboxylic acids is 1. The monoisotopic (exact) mass is 356 g/mol. The zero-order valence-corrected chi connectivity index (χ0v) is 15.4. The van der Waals surface area contributed by atoms with E-state index in [2.05, 4.69) is 66.1 Å². The number of aryl methyl sites for hydroxylation is 1. The van der Waals surface area contributed by atoms with Crippen molar-refractivity contribution in [1.29, 1.82) is 0 Å².